The lowest BCUT2D eigenvalue weighted by Crippen LogP contribution is -2.30. The van der Waals surface area contributed by atoms with Crippen molar-refractivity contribution in [3.63, 3.8) is 0 Å². The second-order valence-electron chi connectivity index (χ2n) is 9.70. The first kappa shape index (κ1) is 26.7. The van der Waals surface area contributed by atoms with Crippen LogP contribution in [0, 0.1) is 58.5 Å². The fourth-order valence-corrected chi connectivity index (χ4v) is 8.27. The van der Waals surface area contributed by atoms with Crippen molar-refractivity contribution in [1.82, 2.24) is 4.90 Å². The van der Waals surface area contributed by atoms with Gasteiger partial charge in [-0.25, -0.2) is 0 Å². The third-order valence-electron chi connectivity index (χ3n) is 6.81. The lowest BCUT2D eigenvalue weighted by Gasteiger charge is -2.37. The first-order valence-electron chi connectivity index (χ1n) is 12.3. The standard InChI is InChI=1S/C32H37NO2P/c1-21-17-26(18-22(2)31(21)34-7)36(27-19-23(3)32(35-8)24(4)20-27)29-16-12-15-28(29)30(33(5)6)25-13-10-9-11-14-25/h9-20,30H,1-8H3. The van der Waals surface area contributed by atoms with Crippen LogP contribution in [0.5, 0.6) is 11.5 Å². The highest BCUT2D eigenvalue weighted by atomic mass is 31.1. The summed E-state index contributed by atoms with van der Waals surface area (Å²) in [5.74, 6) is 3.29. The number of hydrogen-bond donors (Lipinski definition) is 0. The summed E-state index contributed by atoms with van der Waals surface area (Å²) in [5.41, 5.74) is 7.36. The molecule has 0 bridgehead atoms. The summed E-state index contributed by atoms with van der Waals surface area (Å²) in [6.45, 7) is 8.58. The monoisotopic (exact) mass is 498 g/mol. The minimum atomic E-state index is -0.815. The van der Waals surface area contributed by atoms with Gasteiger partial charge in [-0.05, 0) is 132 Å². The van der Waals surface area contributed by atoms with Crippen molar-refractivity contribution in [2.24, 2.45) is 0 Å². The molecule has 1 saturated carbocycles. The first-order chi connectivity index (χ1) is 17.3. The predicted octanol–water partition coefficient (Wildman–Crippen LogP) is 6.41. The lowest BCUT2D eigenvalue weighted by molar-refractivity contribution is 0.319. The van der Waals surface area contributed by atoms with Crippen LogP contribution >= 0.6 is 7.92 Å². The minimum Gasteiger partial charge on any atom is -0.496 e. The van der Waals surface area contributed by atoms with Crippen LogP contribution in [0.2, 0.25) is 0 Å². The van der Waals surface area contributed by atoms with Crippen LogP contribution in [-0.4, -0.2) is 33.2 Å². The molecule has 1 unspecified atom stereocenters. The summed E-state index contributed by atoms with van der Waals surface area (Å²) in [7, 11) is 7.03. The molecule has 0 heterocycles. The summed E-state index contributed by atoms with van der Waals surface area (Å²) < 4.78 is 11.4. The Morgan fingerprint density at radius 1 is 0.694 bits per heavy atom. The third-order valence-corrected chi connectivity index (χ3v) is 9.25. The second kappa shape index (κ2) is 11.4. The molecule has 4 heteroatoms. The average Bonchev–Trinajstić information content (AvgIpc) is 3.28. The summed E-state index contributed by atoms with van der Waals surface area (Å²) in [6, 6.07) is 20.2. The Bertz CT molecular complexity index is 1080. The summed E-state index contributed by atoms with van der Waals surface area (Å²) in [6.07, 6.45) is 6.84. The quantitative estimate of drug-likeness (QED) is 0.335. The molecule has 4 rings (SSSR count). The van der Waals surface area contributed by atoms with Gasteiger partial charge in [-0.1, -0.05) is 30.3 Å². The van der Waals surface area contributed by atoms with Gasteiger partial charge in [0.1, 0.15) is 11.5 Å². The van der Waals surface area contributed by atoms with E-state index in [1.165, 1.54) is 50.0 Å². The molecule has 1 aliphatic carbocycles. The summed E-state index contributed by atoms with van der Waals surface area (Å²) in [5, 5.41) is 2.67. The highest BCUT2D eigenvalue weighted by Crippen LogP contribution is 2.60. The van der Waals surface area contributed by atoms with Gasteiger partial charge in [0.15, 0.2) is 0 Å². The van der Waals surface area contributed by atoms with Crippen molar-refractivity contribution in [2.45, 2.75) is 33.7 Å². The van der Waals surface area contributed by atoms with E-state index in [0.29, 0.717) is 0 Å². The van der Waals surface area contributed by atoms with E-state index in [2.05, 4.69) is 121 Å². The van der Waals surface area contributed by atoms with Crippen molar-refractivity contribution in [2.75, 3.05) is 28.3 Å². The zero-order valence-electron chi connectivity index (χ0n) is 22.7. The largest absolute Gasteiger partial charge is 0.496 e. The van der Waals surface area contributed by atoms with Gasteiger partial charge in [0, 0.05) is 17.6 Å². The van der Waals surface area contributed by atoms with Crippen LogP contribution in [0.4, 0.5) is 0 Å². The molecular formula is C32H37NO2P. The number of rotatable bonds is 8. The number of methoxy groups -OCH3 is 2. The second-order valence-corrected chi connectivity index (χ2v) is 11.9. The Labute approximate surface area is 219 Å². The van der Waals surface area contributed by atoms with Crippen LogP contribution < -0.4 is 20.1 Å². The molecule has 1 fully saturated rings. The molecule has 1 atom stereocenters. The normalized spacial score (nSPS) is 15.6. The average molecular weight is 499 g/mol. The van der Waals surface area contributed by atoms with E-state index >= 15 is 0 Å². The van der Waals surface area contributed by atoms with Gasteiger partial charge in [0.2, 0.25) is 0 Å². The molecule has 0 saturated heterocycles. The van der Waals surface area contributed by atoms with E-state index in [4.69, 9.17) is 9.47 Å². The third kappa shape index (κ3) is 5.20. The van der Waals surface area contributed by atoms with Crippen LogP contribution in [0.25, 0.3) is 0 Å². The fraction of sp³-hybridized carbons (Fsp3) is 0.281. The van der Waals surface area contributed by atoms with Gasteiger partial charge in [0.05, 0.1) is 14.2 Å². The molecule has 0 amide bonds. The molecule has 187 valence electrons. The maximum atomic E-state index is 5.71. The van der Waals surface area contributed by atoms with Crippen molar-refractivity contribution in [1.29, 1.82) is 0 Å². The van der Waals surface area contributed by atoms with Crippen LogP contribution in [0.1, 0.15) is 33.9 Å². The molecule has 5 radical (unpaired) electrons. The molecule has 0 spiro atoms. The number of ether oxygens (including phenoxy) is 2. The smallest absolute Gasteiger partial charge is 0.124 e. The van der Waals surface area contributed by atoms with Crippen molar-refractivity contribution in [3.05, 3.63) is 113 Å². The van der Waals surface area contributed by atoms with Gasteiger partial charge in [-0.15, -0.1) is 0 Å². The molecule has 1 aliphatic rings. The van der Waals surface area contributed by atoms with Crippen molar-refractivity contribution >= 4 is 18.5 Å². The number of hydrogen-bond acceptors (Lipinski definition) is 3. The molecule has 0 aliphatic heterocycles. The number of benzene rings is 3. The van der Waals surface area contributed by atoms with E-state index < -0.39 is 7.92 Å². The Balaban J connectivity index is 1.88. The van der Waals surface area contributed by atoms with E-state index in [-0.39, 0.29) is 6.04 Å². The SMILES string of the molecule is COc1c(C)cc(P([C]2[CH][CH][CH][C]2C(c2ccccc2)N(C)C)c2cc(C)c(OC)c(C)c2)cc1C. The van der Waals surface area contributed by atoms with Gasteiger partial charge >= 0.3 is 0 Å². The summed E-state index contributed by atoms with van der Waals surface area (Å²) >= 11 is 0. The predicted molar refractivity (Wildman–Crippen MR) is 153 cm³/mol. The molecule has 0 N–H and O–H groups in total. The van der Waals surface area contributed by atoms with Crippen LogP contribution in [0.3, 0.4) is 0 Å². The molecule has 3 aromatic carbocycles. The molecule has 3 aromatic rings. The summed E-state index contributed by atoms with van der Waals surface area (Å²) in [4.78, 5) is 2.32. The molecular weight excluding hydrogens is 461 g/mol. The lowest BCUT2D eigenvalue weighted by atomic mass is 9.90. The van der Waals surface area contributed by atoms with E-state index in [0.717, 1.165) is 11.5 Å². The highest BCUT2D eigenvalue weighted by molar-refractivity contribution is 7.76. The molecule has 36 heavy (non-hydrogen) atoms. The van der Waals surface area contributed by atoms with Crippen molar-refractivity contribution in [3.8, 4) is 11.5 Å². The van der Waals surface area contributed by atoms with Gasteiger partial charge in [-0.2, -0.15) is 0 Å². The maximum Gasteiger partial charge on any atom is 0.124 e. The Morgan fingerprint density at radius 2 is 1.17 bits per heavy atom. The Hall–Kier alpha value is -2.35. The van der Waals surface area contributed by atoms with E-state index in [1.807, 2.05) is 0 Å². The number of aryl methyl sites for hydroxylation is 4. The van der Waals surface area contributed by atoms with E-state index in [9.17, 15) is 0 Å². The maximum absolute atomic E-state index is 5.71. The zero-order chi connectivity index (χ0) is 26.0. The van der Waals surface area contributed by atoms with Gasteiger partial charge in [-0.3, -0.25) is 0 Å². The minimum absolute atomic E-state index is 0.169. The highest BCUT2D eigenvalue weighted by Gasteiger charge is 2.42. The van der Waals surface area contributed by atoms with Gasteiger partial charge < -0.3 is 14.4 Å². The van der Waals surface area contributed by atoms with E-state index in [1.54, 1.807) is 14.2 Å². The fourth-order valence-electron chi connectivity index (χ4n) is 5.43. The van der Waals surface area contributed by atoms with Crippen LogP contribution in [0.15, 0.2) is 54.6 Å². The topological polar surface area (TPSA) is 21.7 Å². The molecule has 0 aromatic heterocycles. The number of nitrogens with zero attached hydrogens (tertiary/aromatic N) is 1. The zero-order valence-corrected chi connectivity index (χ0v) is 23.6. The molecule has 3 nitrogen and oxygen atoms in total. The van der Waals surface area contributed by atoms with Gasteiger partial charge in [0.25, 0.3) is 0 Å². The van der Waals surface area contributed by atoms with Crippen LogP contribution in [-0.2, 0) is 0 Å². The van der Waals surface area contributed by atoms with Crippen molar-refractivity contribution < 1.29 is 9.47 Å². The first-order valence-corrected chi connectivity index (χ1v) is 13.7. The Kier molecular flexibility index (Phi) is 8.43. The Morgan fingerprint density at radius 3 is 1.58 bits per heavy atom.